The lowest BCUT2D eigenvalue weighted by molar-refractivity contribution is -0.0941. The number of anilines is 1. The van der Waals surface area contributed by atoms with Gasteiger partial charge in [-0.25, -0.2) is 18.4 Å². The molecule has 3 aromatic rings. The third-order valence-corrected chi connectivity index (χ3v) is 7.85. The van der Waals surface area contributed by atoms with Crippen LogP contribution < -0.4 is 14.2 Å². The van der Waals surface area contributed by atoms with Gasteiger partial charge in [-0.1, -0.05) is 24.6 Å². The standard InChI is InChI=1S/C24H31ClN6O7S/c1-5-9-38-21(22-26-12-16(25)13-27-22)15(2)39(32,33)30-24-29-28-23(19-14-36-10-11-37-19)31(24)20-17(34-3)7-6-8-18(20)35-4/h6-8,12-13,15,19,21H,5,9-11,14H2,1-4H3,(H,29,30)/t15-,19+,21+/m0/s1. The van der Waals surface area contributed by atoms with Crippen LogP contribution in [0, 0.1) is 0 Å². The maximum atomic E-state index is 13.8. The number of para-hydroxylation sites is 1. The lowest BCUT2D eigenvalue weighted by atomic mass is 10.2. The van der Waals surface area contributed by atoms with Gasteiger partial charge >= 0.3 is 0 Å². The number of nitrogens with one attached hydrogen (secondary N) is 1. The summed E-state index contributed by atoms with van der Waals surface area (Å²) in [6.07, 6.45) is 1.86. The molecule has 1 N–H and O–H groups in total. The predicted octanol–water partition coefficient (Wildman–Crippen LogP) is 3.11. The van der Waals surface area contributed by atoms with Crippen LogP contribution in [0.15, 0.2) is 30.6 Å². The molecule has 1 aliphatic rings. The second kappa shape index (κ2) is 12.9. The van der Waals surface area contributed by atoms with Gasteiger partial charge in [-0.3, -0.25) is 9.29 Å². The van der Waals surface area contributed by atoms with Crippen LogP contribution in [0.3, 0.4) is 0 Å². The van der Waals surface area contributed by atoms with Crippen molar-refractivity contribution in [3.8, 4) is 17.2 Å². The van der Waals surface area contributed by atoms with Gasteiger partial charge in [0.15, 0.2) is 11.6 Å². The highest BCUT2D eigenvalue weighted by Crippen LogP contribution is 2.38. The smallest absolute Gasteiger partial charge is 0.243 e. The molecule has 4 rings (SSSR count). The molecule has 212 valence electrons. The third kappa shape index (κ3) is 6.41. The zero-order valence-electron chi connectivity index (χ0n) is 22.0. The number of benzene rings is 1. The normalized spacial score (nSPS) is 17.4. The molecular weight excluding hydrogens is 552 g/mol. The van der Waals surface area contributed by atoms with Crippen LogP contribution in [0.25, 0.3) is 5.69 Å². The fraction of sp³-hybridized carbons (Fsp3) is 0.500. The summed E-state index contributed by atoms with van der Waals surface area (Å²) in [4.78, 5) is 8.38. The first-order chi connectivity index (χ1) is 18.8. The number of hydrogen-bond acceptors (Lipinski definition) is 11. The van der Waals surface area contributed by atoms with E-state index in [1.165, 1.54) is 38.1 Å². The Morgan fingerprint density at radius 3 is 2.44 bits per heavy atom. The van der Waals surface area contributed by atoms with Gasteiger partial charge in [0, 0.05) is 19.0 Å². The van der Waals surface area contributed by atoms with Gasteiger partial charge in [-0.05, 0) is 25.5 Å². The maximum Gasteiger partial charge on any atom is 0.243 e. The quantitative estimate of drug-likeness (QED) is 0.335. The van der Waals surface area contributed by atoms with Crippen molar-refractivity contribution in [1.29, 1.82) is 0 Å². The monoisotopic (exact) mass is 582 g/mol. The molecule has 0 spiro atoms. The zero-order valence-corrected chi connectivity index (χ0v) is 23.6. The first-order valence-corrected chi connectivity index (χ1v) is 14.2. The molecule has 0 aliphatic carbocycles. The van der Waals surface area contributed by atoms with Crippen LogP contribution in [-0.4, -0.2) is 79.0 Å². The number of nitrogens with zero attached hydrogens (tertiary/aromatic N) is 5. The minimum absolute atomic E-state index is 0.0971. The molecule has 0 bridgehead atoms. The largest absolute Gasteiger partial charge is 0.494 e. The van der Waals surface area contributed by atoms with E-state index in [0.29, 0.717) is 54.3 Å². The van der Waals surface area contributed by atoms with Crippen molar-refractivity contribution in [2.45, 2.75) is 37.7 Å². The third-order valence-electron chi connectivity index (χ3n) is 5.96. The Morgan fingerprint density at radius 1 is 1.15 bits per heavy atom. The molecule has 0 amide bonds. The zero-order chi connectivity index (χ0) is 28.0. The summed E-state index contributed by atoms with van der Waals surface area (Å²) in [5, 5.41) is 7.64. The number of aromatic nitrogens is 5. The van der Waals surface area contributed by atoms with E-state index in [-0.39, 0.29) is 18.4 Å². The molecule has 13 nitrogen and oxygen atoms in total. The van der Waals surface area contributed by atoms with E-state index in [1.807, 2.05) is 6.92 Å². The van der Waals surface area contributed by atoms with Gasteiger partial charge in [-0.2, -0.15) is 0 Å². The number of hydrogen-bond donors (Lipinski definition) is 1. The molecule has 15 heteroatoms. The Hall–Kier alpha value is -3.04. The summed E-state index contributed by atoms with van der Waals surface area (Å²) in [6, 6.07) is 5.18. The molecule has 1 aliphatic heterocycles. The van der Waals surface area contributed by atoms with E-state index < -0.39 is 27.5 Å². The summed E-state index contributed by atoms with van der Waals surface area (Å²) in [5.74, 6) is 1.20. The lowest BCUT2D eigenvalue weighted by Gasteiger charge is -2.25. The summed E-state index contributed by atoms with van der Waals surface area (Å²) in [7, 11) is -1.16. The molecule has 0 radical (unpaired) electrons. The van der Waals surface area contributed by atoms with E-state index in [9.17, 15) is 8.42 Å². The molecular formula is C24H31ClN6O7S. The molecule has 0 saturated carbocycles. The molecule has 1 saturated heterocycles. The van der Waals surface area contributed by atoms with Crippen LogP contribution in [0.1, 0.15) is 44.1 Å². The molecule has 2 aromatic heterocycles. The van der Waals surface area contributed by atoms with Crippen molar-refractivity contribution < 1.29 is 32.1 Å². The second-order valence-corrected chi connectivity index (χ2v) is 11.0. The van der Waals surface area contributed by atoms with Gasteiger partial charge in [0.25, 0.3) is 0 Å². The Labute approximate surface area is 231 Å². The van der Waals surface area contributed by atoms with Gasteiger partial charge in [0.1, 0.15) is 34.6 Å². The van der Waals surface area contributed by atoms with Gasteiger partial charge in [-0.15, -0.1) is 10.2 Å². The van der Waals surface area contributed by atoms with Crippen LogP contribution in [0.5, 0.6) is 11.5 Å². The Morgan fingerprint density at radius 2 is 1.85 bits per heavy atom. The highest BCUT2D eigenvalue weighted by Gasteiger charge is 2.36. The van der Waals surface area contributed by atoms with E-state index in [0.717, 1.165) is 0 Å². The predicted molar refractivity (Wildman–Crippen MR) is 142 cm³/mol. The number of halogens is 1. The summed E-state index contributed by atoms with van der Waals surface area (Å²) in [6.45, 7) is 4.71. The molecule has 39 heavy (non-hydrogen) atoms. The van der Waals surface area contributed by atoms with Crippen LogP contribution in [0.4, 0.5) is 5.95 Å². The molecule has 0 unspecified atom stereocenters. The number of ether oxygens (including phenoxy) is 5. The van der Waals surface area contributed by atoms with Crippen molar-refractivity contribution in [1.82, 2.24) is 24.7 Å². The SMILES string of the molecule is CCCO[C@@H](c1ncc(Cl)cn1)[C@H](C)S(=O)(=O)Nc1nnc([C@H]2COCCO2)n1-c1c(OC)cccc1OC. The highest BCUT2D eigenvalue weighted by molar-refractivity contribution is 7.93. The topological polar surface area (TPSA) is 149 Å². The van der Waals surface area contributed by atoms with Crippen molar-refractivity contribution in [2.75, 3.05) is 45.4 Å². The molecule has 3 atom stereocenters. The number of methoxy groups -OCH3 is 2. The second-order valence-electron chi connectivity index (χ2n) is 8.57. The van der Waals surface area contributed by atoms with E-state index >= 15 is 0 Å². The maximum absolute atomic E-state index is 13.8. The molecule has 3 heterocycles. The Bertz CT molecular complexity index is 1330. The van der Waals surface area contributed by atoms with Crippen molar-refractivity contribution >= 4 is 27.6 Å². The number of rotatable bonds is 12. The number of sulfonamides is 1. The summed E-state index contributed by atoms with van der Waals surface area (Å²) in [5.41, 5.74) is 0.391. The lowest BCUT2D eigenvalue weighted by Crippen LogP contribution is -2.34. The summed E-state index contributed by atoms with van der Waals surface area (Å²) < 4.78 is 60.1. The van der Waals surface area contributed by atoms with E-state index in [4.69, 9.17) is 35.3 Å². The van der Waals surface area contributed by atoms with E-state index in [2.05, 4.69) is 24.9 Å². The average molecular weight is 583 g/mol. The molecule has 1 aromatic carbocycles. The van der Waals surface area contributed by atoms with Gasteiger partial charge < -0.3 is 23.7 Å². The van der Waals surface area contributed by atoms with Crippen molar-refractivity contribution in [3.05, 3.63) is 47.3 Å². The molecule has 1 fully saturated rings. The Balaban J connectivity index is 1.77. The summed E-state index contributed by atoms with van der Waals surface area (Å²) >= 11 is 5.93. The minimum Gasteiger partial charge on any atom is -0.494 e. The first-order valence-electron chi connectivity index (χ1n) is 12.3. The minimum atomic E-state index is -4.15. The van der Waals surface area contributed by atoms with Gasteiger partial charge in [0.2, 0.25) is 16.0 Å². The van der Waals surface area contributed by atoms with Crippen LogP contribution in [-0.2, 0) is 24.2 Å². The first kappa shape index (κ1) is 29.0. The fourth-order valence-corrected chi connectivity index (χ4v) is 5.19. The van der Waals surface area contributed by atoms with Crippen LogP contribution >= 0.6 is 11.6 Å². The van der Waals surface area contributed by atoms with E-state index in [1.54, 1.807) is 18.2 Å². The Kier molecular flexibility index (Phi) is 9.56. The van der Waals surface area contributed by atoms with Crippen molar-refractivity contribution in [2.24, 2.45) is 0 Å². The average Bonchev–Trinajstić information content (AvgIpc) is 3.36. The highest BCUT2D eigenvalue weighted by atomic mass is 35.5. The van der Waals surface area contributed by atoms with Crippen LogP contribution in [0.2, 0.25) is 5.02 Å². The van der Waals surface area contributed by atoms with Crippen molar-refractivity contribution in [3.63, 3.8) is 0 Å². The van der Waals surface area contributed by atoms with Gasteiger partial charge in [0.05, 0.1) is 39.1 Å². The fourth-order valence-electron chi connectivity index (χ4n) is 4.00.